The third-order valence-corrected chi connectivity index (χ3v) is 3.92. The molecule has 3 rings (SSSR count). The Kier molecular flexibility index (Phi) is 3.81. The summed E-state index contributed by atoms with van der Waals surface area (Å²) in [5, 5.41) is 3.76. The first-order valence-corrected chi connectivity index (χ1v) is 7.53. The number of fused-ring (bicyclic) bond motifs is 1. The van der Waals surface area contributed by atoms with Crippen molar-refractivity contribution in [1.82, 2.24) is 4.98 Å². The van der Waals surface area contributed by atoms with E-state index in [1.165, 1.54) is 0 Å². The number of amides is 1. The zero-order valence-electron chi connectivity index (χ0n) is 11.8. The van der Waals surface area contributed by atoms with Crippen LogP contribution < -0.4 is 10.9 Å². The van der Waals surface area contributed by atoms with Gasteiger partial charge >= 0.3 is 0 Å². The second kappa shape index (κ2) is 5.77. The van der Waals surface area contributed by atoms with Crippen LogP contribution in [0.25, 0.3) is 10.9 Å². The fraction of sp³-hybridized carbons (Fsp3) is 0.0588. The topological polar surface area (TPSA) is 62.0 Å². The monoisotopic (exact) mass is 356 g/mol. The van der Waals surface area contributed by atoms with Gasteiger partial charge in [-0.3, -0.25) is 9.59 Å². The van der Waals surface area contributed by atoms with Crippen molar-refractivity contribution in [2.24, 2.45) is 0 Å². The average Bonchev–Trinajstić information content (AvgIpc) is 2.49. The van der Waals surface area contributed by atoms with Crippen molar-refractivity contribution >= 4 is 38.4 Å². The summed E-state index contributed by atoms with van der Waals surface area (Å²) in [6.07, 6.45) is 0. The van der Waals surface area contributed by atoms with Crippen LogP contribution in [0.1, 0.15) is 15.9 Å². The molecule has 0 radical (unpaired) electrons. The van der Waals surface area contributed by atoms with Crippen molar-refractivity contribution < 1.29 is 4.79 Å². The van der Waals surface area contributed by atoms with Crippen molar-refractivity contribution in [3.05, 3.63) is 74.5 Å². The number of hydrogen-bond donors (Lipinski definition) is 2. The van der Waals surface area contributed by atoms with E-state index in [1.807, 2.05) is 30.3 Å². The van der Waals surface area contributed by atoms with E-state index in [4.69, 9.17) is 0 Å². The highest BCUT2D eigenvalue weighted by atomic mass is 79.9. The van der Waals surface area contributed by atoms with Crippen LogP contribution in [-0.2, 0) is 0 Å². The molecule has 110 valence electrons. The number of carbonyl (C=O) groups is 1. The lowest BCUT2D eigenvalue weighted by atomic mass is 10.1. The van der Waals surface area contributed by atoms with E-state index in [0.717, 1.165) is 9.86 Å². The Morgan fingerprint density at radius 1 is 1.09 bits per heavy atom. The molecule has 1 heterocycles. The summed E-state index contributed by atoms with van der Waals surface area (Å²) < 4.78 is 0.919. The van der Waals surface area contributed by atoms with Gasteiger partial charge in [0.15, 0.2) is 0 Å². The lowest BCUT2D eigenvalue weighted by Gasteiger charge is -2.07. The predicted octanol–water partition coefficient (Wildman–Crippen LogP) is 3.85. The zero-order chi connectivity index (χ0) is 15.7. The van der Waals surface area contributed by atoms with Crippen LogP contribution in [0, 0.1) is 6.92 Å². The van der Waals surface area contributed by atoms with E-state index in [0.29, 0.717) is 22.3 Å². The number of aromatic amines is 1. The van der Waals surface area contributed by atoms with Crippen molar-refractivity contribution in [3.8, 4) is 0 Å². The molecule has 2 aromatic carbocycles. The summed E-state index contributed by atoms with van der Waals surface area (Å²) in [5.74, 6) is -0.193. The first-order chi connectivity index (χ1) is 10.5. The summed E-state index contributed by atoms with van der Waals surface area (Å²) in [4.78, 5) is 26.7. The van der Waals surface area contributed by atoms with Gasteiger partial charge in [0, 0.05) is 21.3 Å². The molecule has 0 spiro atoms. The smallest absolute Gasteiger partial charge is 0.255 e. The van der Waals surface area contributed by atoms with Crippen LogP contribution in [0.2, 0.25) is 0 Å². The van der Waals surface area contributed by atoms with Crippen molar-refractivity contribution in [2.45, 2.75) is 6.92 Å². The Bertz CT molecular complexity index is 914. The largest absolute Gasteiger partial charge is 0.322 e. The van der Waals surface area contributed by atoms with Gasteiger partial charge in [0.25, 0.3) is 11.5 Å². The molecule has 2 N–H and O–H groups in total. The number of aryl methyl sites for hydroxylation is 1. The van der Waals surface area contributed by atoms with Crippen LogP contribution >= 0.6 is 15.9 Å². The van der Waals surface area contributed by atoms with E-state index in [9.17, 15) is 9.59 Å². The molecule has 0 aliphatic carbocycles. The van der Waals surface area contributed by atoms with Gasteiger partial charge in [-0.2, -0.15) is 0 Å². The Morgan fingerprint density at radius 2 is 1.82 bits per heavy atom. The van der Waals surface area contributed by atoms with E-state index in [2.05, 4.69) is 26.2 Å². The third kappa shape index (κ3) is 2.94. The summed E-state index contributed by atoms with van der Waals surface area (Å²) in [6.45, 7) is 1.77. The Hall–Kier alpha value is -2.40. The van der Waals surface area contributed by atoms with Gasteiger partial charge in [-0.1, -0.05) is 22.0 Å². The summed E-state index contributed by atoms with van der Waals surface area (Å²) in [6, 6.07) is 14.4. The van der Waals surface area contributed by atoms with Crippen LogP contribution in [-0.4, -0.2) is 10.9 Å². The summed E-state index contributed by atoms with van der Waals surface area (Å²) in [7, 11) is 0. The van der Waals surface area contributed by atoms with E-state index < -0.39 is 0 Å². The van der Waals surface area contributed by atoms with Crippen LogP contribution in [0.15, 0.2) is 57.8 Å². The predicted molar refractivity (Wildman–Crippen MR) is 91.4 cm³/mol. The molecule has 0 bridgehead atoms. The lowest BCUT2D eigenvalue weighted by Crippen LogP contribution is -2.12. The number of benzene rings is 2. The molecule has 4 nitrogen and oxygen atoms in total. The normalized spacial score (nSPS) is 10.6. The van der Waals surface area contributed by atoms with Crippen molar-refractivity contribution in [2.75, 3.05) is 5.32 Å². The van der Waals surface area contributed by atoms with E-state index in [1.54, 1.807) is 25.1 Å². The summed E-state index contributed by atoms with van der Waals surface area (Å²) >= 11 is 3.34. The van der Waals surface area contributed by atoms with Gasteiger partial charge < -0.3 is 10.3 Å². The van der Waals surface area contributed by atoms with Crippen LogP contribution in [0.3, 0.4) is 0 Å². The number of H-pyrrole nitrogens is 1. The minimum atomic E-state index is -0.193. The zero-order valence-corrected chi connectivity index (χ0v) is 13.4. The number of halogens is 1. The van der Waals surface area contributed by atoms with Crippen molar-refractivity contribution in [3.63, 3.8) is 0 Å². The molecule has 0 saturated heterocycles. The number of nitrogens with one attached hydrogen (secondary N) is 2. The van der Waals surface area contributed by atoms with Gasteiger partial charge in [0.05, 0.1) is 5.52 Å². The second-order valence-corrected chi connectivity index (χ2v) is 5.96. The lowest BCUT2D eigenvalue weighted by molar-refractivity contribution is 0.102. The maximum Gasteiger partial charge on any atom is 0.255 e. The van der Waals surface area contributed by atoms with Gasteiger partial charge in [-0.05, 0) is 54.8 Å². The number of rotatable bonds is 2. The number of pyridine rings is 1. The van der Waals surface area contributed by atoms with E-state index >= 15 is 0 Å². The van der Waals surface area contributed by atoms with Crippen molar-refractivity contribution in [1.29, 1.82) is 0 Å². The third-order valence-electron chi connectivity index (χ3n) is 3.40. The first kappa shape index (κ1) is 14.5. The van der Waals surface area contributed by atoms with Crippen LogP contribution in [0.5, 0.6) is 0 Å². The van der Waals surface area contributed by atoms with Gasteiger partial charge in [0.1, 0.15) is 0 Å². The van der Waals surface area contributed by atoms with Gasteiger partial charge in [0.2, 0.25) is 0 Å². The molecule has 0 unspecified atom stereocenters. The number of carbonyl (C=O) groups excluding carboxylic acids is 1. The SMILES string of the molecule is Cc1cc2ccc(NC(=O)c3ccc(Br)cc3)cc2[nH]c1=O. The van der Waals surface area contributed by atoms with E-state index in [-0.39, 0.29) is 11.5 Å². The molecule has 1 aromatic heterocycles. The number of anilines is 1. The number of hydrogen-bond acceptors (Lipinski definition) is 2. The molecule has 0 aliphatic rings. The molecule has 0 atom stereocenters. The van der Waals surface area contributed by atoms with Crippen LogP contribution in [0.4, 0.5) is 5.69 Å². The quantitative estimate of drug-likeness (QED) is 0.732. The highest BCUT2D eigenvalue weighted by Crippen LogP contribution is 2.18. The molecular formula is C17H13BrN2O2. The standard InChI is InChI=1S/C17H13BrN2O2/c1-10-8-12-4-7-14(9-15(12)20-16(10)21)19-17(22)11-2-5-13(18)6-3-11/h2-9H,1H3,(H,19,22)(H,20,21). The van der Waals surface area contributed by atoms with Gasteiger partial charge in [-0.25, -0.2) is 0 Å². The Labute approximate surface area is 135 Å². The number of aromatic nitrogens is 1. The summed E-state index contributed by atoms with van der Waals surface area (Å²) in [5.41, 5.74) is 2.45. The fourth-order valence-electron chi connectivity index (χ4n) is 2.19. The first-order valence-electron chi connectivity index (χ1n) is 6.73. The highest BCUT2D eigenvalue weighted by Gasteiger charge is 2.07. The minimum Gasteiger partial charge on any atom is -0.322 e. The second-order valence-electron chi connectivity index (χ2n) is 5.04. The fourth-order valence-corrected chi connectivity index (χ4v) is 2.46. The van der Waals surface area contributed by atoms with Gasteiger partial charge in [-0.15, -0.1) is 0 Å². The molecule has 3 aromatic rings. The molecule has 0 fully saturated rings. The Balaban J connectivity index is 1.90. The minimum absolute atomic E-state index is 0.121. The average molecular weight is 357 g/mol. The molecular weight excluding hydrogens is 344 g/mol. The molecule has 0 saturated carbocycles. The molecule has 22 heavy (non-hydrogen) atoms. The molecule has 5 heteroatoms. The Morgan fingerprint density at radius 3 is 2.55 bits per heavy atom. The molecule has 0 aliphatic heterocycles. The highest BCUT2D eigenvalue weighted by molar-refractivity contribution is 9.10. The maximum atomic E-state index is 12.2. The maximum absolute atomic E-state index is 12.2. The molecule has 1 amide bonds.